The molecule has 3 nitrogen and oxygen atoms in total. The first-order valence-electron chi connectivity index (χ1n) is 6.76. The first-order valence-corrected chi connectivity index (χ1v) is 7.14. The van der Waals surface area contributed by atoms with Crippen molar-refractivity contribution in [3.8, 4) is 5.88 Å². The van der Waals surface area contributed by atoms with Crippen molar-refractivity contribution in [1.29, 1.82) is 0 Å². The summed E-state index contributed by atoms with van der Waals surface area (Å²) >= 11 is 5.97. The maximum absolute atomic E-state index is 5.97. The number of rotatable bonds is 6. The molecule has 0 spiro atoms. The molecule has 1 unspecified atom stereocenters. The fourth-order valence-electron chi connectivity index (χ4n) is 2.05. The van der Waals surface area contributed by atoms with Gasteiger partial charge in [0.05, 0.1) is 0 Å². The SMILES string of the molecule is CCNC(C)c1cccnc1OCc1cccc(Cl)c1. The van der Waals surface area contributed by atoms with Crippen LogP contribution in [0.3, 0.4) is 0 Å². The van der Waals surface area contributed by atoms with E-state index in [1.807, 2.05) is 36.4 Å². The van der Waals surface area contributed by atoms with Crippen LogP contribution in [0.4, 0.5) is 0 Å². The van der Waals surface area contributed by atoms with Gasteiger partial charge in [-0.25, -0.2) is 4.98 Å². The van der Waals surface area contributed by atoms with E-state index < -0.39 is 0 Å². The minimum atomic E-state index is 0.211. The van der Waals surface area contributed by atoms with Crippen LogP contribution in [0.25, 0.3) is 0 Å². The van der Waals surface area contributed by atoms with Crippen LogP contribution >= 0.6 is 11.6 Å². The summed E-state index contributed by atoms with van der Waals surface area (Å²) in [6, 6.07) is 11.8. The van der Waals surface area contributed by atoms with Crippen LogP contribution < -0.4 is 10.1 Å². The van der Waals surface area contributed by atoms with Crippen LogP contribution in [-0.4, -0.2) is 11.5 Å². The minimum Gasteiger partial charge on any atom is -0.473 e. The van der Waals surface area contributed by atoms with Gasteiger partial charge in [0.15, 0.2) is 0 Å². The zero-order chi connectivity index (χ0) is 14.4. The quantitative estimate of drug-likeness (QED) is 0.873. The fourth-order valence-corrected chi connectivity index (χ4v) is 2.26. The molecule has 106 valence electrons. The first-order chi connectivity index (χ1) is 9.70. The highest BCUT2D eigenvalue weighted by Crippen LogP contribution is 2.23. The van der Waals surface area contributed by atoms with E-state index in [-0.39, 0.29) is 6.04 Å². The summed E-state index contributed by atoms with van der Waals surface area (Å²) in [6.45, 7) is 5.55. The van der Waals surface area contributed by atoms with Gasteiger partial charge in [0.2, 0.25) is 5.88 Å². The van der Waals surface area contributed by atoms with Crippen molar-refractivity contribution in [2.75, 3.05) is 6.54 Å². The molecule has 1 aromatic carbocycles. The largest absolute Gasteiger partial charge is 0.473 e. The Hall–Kier alpha value is -1.58. The molecule has 0 saturated carbocycles. The number of hydrogen-bond acceptors (Lipinski definition) is 3. The van der Waals surface area contributed by atoms with Gasteiger partial charge in [-0.15, -0.1) is 0 Å². The number of nitrogens with one attached hydrogen (secondary N) is 1. The summed E-state index contributed by atoms with van der Waals surface area (Å²) in [7, 11) is 0. The van der Waals surface area contributed by atoms with Gasteiger partial charge in [-0.05, 0) is 37.2 Å². The van der Waals surface area contributed by atoms with Crippen molar-refractivity contribution in [2.24, 2.45) is 0 Å². The van der Waals surface area contributed by atoms with E-state index in [2.05, 4.69) is 24.1 Å². The Bertz CT molecular complexity index is 560. The summed E-state index contributed by atoms with van der Waals surface area (Å²) in [6.07, 6.45) is 1.75. The second kappa shape index (κ2) is 7.27. The molecule has 0 amide bonds. The Morgan fingerprint density at radius 2 is 2.15 bits per heavy atom. The van der Waals surface area contributed by atoms with Crippen LogP contribution in [0, 0.1) is 0 Å². The highest BCUT2D eigenvalue weighted by Gasteiger charge is 2.11. The Kier molecular flexibility index (Phi) is 5.39. The van der Waals surface area contributed by atoms with Crippen LogP contribution in [0.15, 0.2) is 42.6 Å². The monoisotopic (exact) mass is 290 g/mol. The maximum Gasteiger partial charge on any atom is 0.218 e. The Morgan fingerprint density at radius 1 is 1.30 bits per heavy atom. The Labute approximate surface area is 124 Å². The predicted octanol–water partition coefficient (Wildman–Crippen LogP) is 3.98. The molecule has 4 heteroatoms. The second-order valence-corrected chi connectivity index (χ2v) is 5.03. The standard InChI is InChI=1S/C16H19ClN2O/c1-3-18-12(2)15-8-5-9-19-16(15)20-11-13-6-4-7-14(17)10-13/h4-10,12,18H,3,11H2,1-2H3. The lowest BCUT2D eigenvalue weighted by Gasteiger charge is -2.16. The average Bonchev–Trinajstić information content (AvgIpc) is 2.46. The molecule has 1 atom stereocenters. The predicted molar refractivity (Wildman–Crippen MR) is 82.1 cm³/mol. The third-order valence-electron chi connectivity index (χ3n) is 3.04. The lowest BCUT2D eigenvalue weighted by molar-refractivity contribution is 0.287. The molecular formula is C16H19ClN2O. The average molecular weight is 291 g/mol. The van der Waals surface area contributed by atoms with Gasteiger partial charge in [0.1, 0.15) is 6.61 Å². The molecule has 0 aliphatic heterocycles. The lowest BCUT2D eigenvalue weighted by Crippen LogP contribution is -2.18. The van der Waals surface area contributed by atoms with Gasteiger partial charge >= 0.3 is 0 Å². The van der Waals surface area contributed by atoms with Gasteiger partial charge in [-0.3, -0.25) is 0 Å². The molecule has 0 fully saturated rings. The van der Waals surface area contributed by atoms with Gasteiger partial charge in [-0.1, -0.05) is 36.7 Å². The van der Waals surface area contributed by atoms with Gasteiger partial charge in [-0.2, -0.15) is 0 Å². The van der Waals surface area contributed by atoms with Crippen LogP contribution in [0.1, 0.15) is 31.0 Å². The summed E-state index contributed by atoms with van der Waals surface area (Å²) in [5.41, 5.74) is 2.10. The normalized spacial score (nSPS) is 12.2. The van der Waals surface area contributed by atoms with E-state index >= 15 is 0 Å². The molecule has 2 aromatic rings. The molecule has 1 aromatic heterocycles. The summed E-state index contributed by atoms with van der Waals surface area (Å²) < 4.78 is 5.84. The van der Waals surface area contributed by atoms with E-state index in [9.17, 15) is 0 Å². The number of benzene rings is 1. The van der Waals surface area contributed by atoms with Crippen LogP contribution in [0.2, 0.25) is 5.02 Å². The molecule has 0 aliphatic carbocycles. The van der Waals surface area contributed by atoms with Crippen molar-refractivity contribution in [3.63, 3.8) is 0 Å². The summed E-state index contributed by atoms with van der Waals surface area (Å²) in [4.78, 5) is 4.32. The summed E-state index contributed by atoms with van der Waals surface area (Å²) in [5, 5.41) is 4.08. The Morgan fingerprint density at radius 3 is 2.90 bits per heavy atom. The molecule has 20 heavy (non-hydrogen) atoms. The zero-order valence-electron chi connectivity index (χ0n) is 11.8. The number of ether oxygens (including phenoxy) is 1. The van der Waals surface area contributed by atoms with Crippen molar-refractivity contribution in [1.82, 2.24) is 10.3 Å². The van der Waals surface area contributed by atoms with E-state index in [4.69, 9.17) is 16.3 Å². The number of aromatic nitrogens is 1. The Balaban J connectivity index is 2.09. The number of halogens is 1. The fraction of sp³-hybridized carbons (Fsp3) is 0.312. The molecule has 0 aliphatic rings. The molecule has 0 bridgehead atoms. The van der Waals surface area contributed by atoms with E-state index in [1.54, 1.807) is 6.20 Å². The third-order valence-corrected chi connectivity index (χ3v) is 3.28. The van der Waals surface area contributed by atoms with Gasteiger partial charge < -0.3 is 10.1 Å². The highest BCUT2D eigenvalue weighted by atomic mass is 35.5. The first kappa shape index (κ1) is 14.8. The highest BCUT2D eigenvalue weighted by molar-refractivity contribution is 6.30. The number of hydrogen-bond donors (Lipinski definition) is 1. The summed E-state index contributed by atoms with van der Waals surface area (Å²) in [5.74, 6) is 0.668. The molecule has 0 saturated heterocycles. The lowest BCUT2D eigenvalue weighted by atomic mass is 10.1. The smallest absolute Gasteiger partial charge is 0.218 e. The maximum atomic E-state index is 5.97. The molecule has 1 N–H and O–H groups in total. The molecule has 2 rings (SSSR count). The molecular weight excluding hydrogens is 272 g/mol. The van der Waals surface area contributed by atoms with E-state index in [0.717, 1.165) is 17.7 Å². The zero-order valence-corrected chi connectivity index (χ0v) is 12.5. The number of pyridine rings is 1. The minimum absolute atomic E-state index is 0.211. The van der Waals surface area contributed by atoms with Gasteiger partial charge in [0, 0.05) is 22.8 Å². The van der Waals surface area contributed by atoms with Crippen LogP contribution in [0.5, 0.6) is 5.88 Å². The molecule has 1 heterocycles. The van der Waals surface area contributed by atoms with Gasteiger partial charge in [0.25, 0.3) is 0 Å². The van der Waals surface area contributed by atoms with E-state index in [1.165, 1.54) is 0 Å². The van der Waals surface area contributed by atoms with Crippen molar-refractivity contribution in [2.45, 2.75) is 26.5 Å². The third kappa shape index (κ3) is 3.95. The van der Waals surface area contributed by atoms with Crippen molar-refractivity contribution < 1.29 is 4.74 Å². The van der Waals surface area contributed by atoms with E-state index in [0.29, 0.717) is 17.5 Å². The van der Waals surface area contributed by atoms with Crippen molar-refractivity contribution in [3.05, 3.63) is 58.7 Å². The number of nitrogens with zero attached hydrogens (tertiary/aromatic N) is 1. The second-order valence-electron chi connectivity index (χ2n) is 4.60. The molecule has 0 radical (unpaired) electrons. The van der Waals surface area contributed by atoms with Crippen LogP contribution in [-0.2, 0) is 6.61 Å². The van der Waals surface area contributed by atoms with Crippen molar-refractivity contribution >= 4 is 11.6 Å². The topological polar surface area (TPSA) is 34.2 Å².